The third-order valence-electron chi connectivity index (χ3n) is 6.41. The van der Waals surface area contributed by atoms with Gasteiger partial charge in [-0.05, 0) is 55.9 Å². The second-order valence-corrected chi connectivity index (χ2v) is 11.7. The molecule has 176 valence electrons. The summed E-state index contributed by atoms with van der Waals surface area (Å²) in [6.45, 7) is 9.11. The Morgan fingerprint density at radius 1 is 1.18 bits per heavy atom. The molecule has 1 aromatic carbocycles. The monoisotopic (exact) mass is 468 g/mol. The highest BCUT2D eigenvalue weighted by Crippen LogP contribution is 2.30. The molecule has 2 fully saturated rings. The van der Waals surface area contributed by atoms with Crippen molar-refractivity contribution in [2.75, 3.05) is 13.2 Å². The van der Waals surface area contributed by atoms with Gasteiger partial charge in [0.05, 0.1) is 21.5 Å². The number of ether oxygens (including phenoxy) is 1. The van der Waals surface area contributed by atoms with E-state index in [0.717, 1.165) is 62.3 Å². The molecule has 1 aliphatic carbocycles. The number of carbonyl (C=O) groups is 1. The molecular formula is C25H32N4O3S. The van der Waals surface area contributed by atoms with E-state index in [-0.39, 0.29) is 11.3 Å². The fourth-order valence-corrected chi connectivity index (χ4v) is 5.42. The summed E-state index contributed by atoms with van der Waals surface area (Å²) in [5.74, 6) is 1.52. The van der Waals surface area contributed by atoms with Gasteiger partial charge >= 0.3 is 0 Å². The van der Waals surface area contributed by atoms with Crippen LogP contribution >= 0.6 is 0 Å². The van der Waals surface area contributed by atoms with Crippen LogP contribution in [0.1, 0.15) is 62.6 Å². The second kappa shape index (κ2) is 8.72. The van der Waals surface area contributed by atoms with Crippen LogP contribution in [0.15, 0.2) is 41.6 Å². The number of carbonyl (C=O) groups excluding carboxylic acids is 1. The van der Waals surface area contributed by atoms with Gasteiger partial charge in [-0.3, -0.25) is 8.77 Å². The highest BCUT2D eigenvalue weighted by molar-refractivity contribution is 7.83. The first-order valence-electron chi connectivity index (χ1n) is 11.8. The molecule has 33 heavy (non-hydrogen) atoms. The molecule has 3 heterocycles. The van der Waals surface area contributed by atoms with E-state index in [2.05, 4.69) is 30.7 Å². The van der Waals surface area contributed by atoms with Crippen molar-refractivity contribution < 1.29 is 13.7 Å². The number of amides is 1. The Morgan fingerprint density at radius 3 is 2.64 bits per heavy atom. The maximum Gasteiger partial charge on any atom is 0.253 e. The van der Waals surface area contributed by atoms with Gasteiger partial charge in [0.25, 0.3) is 5.91 Å². The van der Waals surface area contributed by atoms with Crippen molar-refractivity contribution in [3.8, 4) is 0 Å². The fraction of sp³-hybridized carbons (Fsp3) is 0.520. The minimum atomic E-state index is -1.45. The average Bonchev–Trinajstić information content (AvgIpc) is 3.33. The molecule has 0 radical (unpaired) electrons. The van der Waals surface area contributed by atoms with E-state index in [1.165, 1.54) is 0 Å². The normalized spacial score (nSPS) is 18.5. The molecule has 1 saturated heterocycles. The minimum absolute atomic E-state index is 0.103. The van der Waals surface area contributed by atoms with E-state index < -0.39 is 11.0 Å². The Morgan fingerprint density at radius 2 is 1.94 bits per heavy atom. The Hall–Kier alpha value is -2.45. The lowest BCUT2D eigenvalue weighted by Crippen LogP contribution is -2.25. The summed E-state index contributed by atoms with van der Waals surface area (Å²) in [5.41, 5.74) is 2.36. The Kier molecular flexibility index (Phi) is 5.91. The molecule has 1 aliphatic heterocycles. The first-order valence-corrected chi connectivity index (χ1v) is 12.9. The van der Waals surface area contributed by atoms with E-state index >= 15 is 0 Å². The largest absolute Gasteiger partial charge is 0.381 e. The van der Waals surface area contributed by atoms with Gasteiger partial charge in [-0.15, -0.1) is 0 Å². The van der Waals surface area contributed by atoms with Crippen molar-refractivity contribution in [1.82, 2.24) is 18.8 Å². The Bertz CT molecular complexity index is 1200. The second-order valence-electron chi connectivity index (χ2n) is 10.3. The molecule has 3 aromatic rings. The maximum absolute atomic E-state index is 13.3. The van der Waals surface area contributed by atoms with Gasteiger partial charge in [0.1, 0.15) is 5.82 Å². The van der Waals surface area contributed by atoms with Crippen LogP contribution in [0.5, 0.6) is 0 Å². The molecule has 2 aliphatic rings. The van der Waals surface area contributed by atoms with E-state index in [0.29, 0.717) is 22.4 Å². The van der Waals surface area contributed by atoms with Gasteiger partial charge in [0.2, 0.25) is 0 Å². The highest BCUT2D eigenvalue weighted by atomic mass is 32.2. The zero-order chi connectivity index (χ0) is 23.2. The lowest BCUT2D eigenvalue weighted by molar-refractivity contribution is 0.0611. The summed E-state index contributed by atoms with van der Waals surface area (Å²) in [4.78, 5) is 17.9. The lowest BCUT2D eigenvalue weighted by atomic mass is 9.94. The summed E-state index contributed by atoms with van der Waals surface area (Å²) < 4.78 is 22.7. The van der Waals surface area contributed by atoms with Crippen LogP contribution in [0.3, 0.4) is 0 Å². The van der Waals surface area contributed by atoms with Gasteiger partial charge in [-0.2, -0.15) is 0 Å². The quantitative estimate of drug-likeness (QED) is 0.593. The number of rotatable bonds is 6. The zero-order valence-corrected chi connectivity index (χ0v) is 20.4. The Balaban J connectivity index is 1.43. The van der Waals surface area contributed by atoms with Gasteiger partial charge in [-0.1, -0.05) is 20.8 Å². The maximum atomic E-state index is 13.3. The van der Waals surface area contributed by atoms with Crippen LogP contribution in [-0.4, -0.2) is 42.9 Å². The van der Waals surface area contributed by atoms with Crippen LogP contribution in [0.25, 0.3) is 11.0 Å². The third-order valence-corrected chi connectivity index (χ3v) is 7.67. The summed E-state index contributed by atoms with van der Waals surface area (Å²) in [5, 5.41) is 2.97. The molecule has 2 aromatic heterocycles. The van der Waals surface area contributed by atoms with Crippen LogP contribution in [0.4, 0.5) is 0 Å². The molecule has 0 spiro atoms. The van der Waals surface area contributed by atoms with Crippen LogP contribution < -0.4 is 5.32 Å². The number of imidazole rings is 1. The van der Waals surface area contributed by atoms with Crippen molar-refractivity contribution >= 4 is 27.9 Å². The number of nitrogens with one attached hydrogen (secondary N) is 1. The molecule has 1 saturated carbocycles. The topological polar surface area (TPSA) is 78.2 Å². The highest BCUT2D eigenvalue weighted by Gasteiger charge is 2.26. The van der Waals surface area contributed by atoms with Gasteiger partial charge in [0, 0.05) is 43.6 Å². The summed E-state index contributed by atoms with van der Waals surface area (Å²) in [6.07, 6.45) is 7.56. The SMILES string of the molecule is CC(C)(C)c1nc2cc(S(=O)n3ccc(C(=O)NC4CC4)c3)ccc2n1CC1CCOCC1. The predicted molar refractivity (Wildman–Crippen MR) is 129 cm³/mol. The van der Waals surface area contributed by atoms with Gasteiger partial charge in [-0.25, -0.2) is 9.19 Å². The minimum Gasteiger partial charge on any atom is -0.381 e. The van der Waals surface area contributed by atoms with Crippen molar-refractivity contribution in [3.05, 3.63) is 48.0 Å². The van der Waals surface area contributed by atoms with Crippen LogP contribution in [0, 0.1) is 5.92 Å². The van der Waals surface area contributed by atoms with E-state index in [1.807, 2.05) is 18.2 Å². The van der Waals surface area contributed by atoms with Crippen LogP contribution in [-0.2, 0) is 27.7 Å². The van der Waals surface area contributed by atoms with Crippen molar-refractivity contribution in [1.29, 1.82) is 0 Å². The first kappa shape index (κ1) is 22.3. The van der Waals surface area contributed by atoms with Gasteiger partial charge < -0.3 is 14.6 Å². The lowest BCUT2D eigenvalue weighted by Gasteiger charge is -2.26. The molecule has 7 nitrogen and oxygen atoms in total. The molecule has 0 bridgehead atoms. The summed E-state index contributed by atoms with van der Waals surface area (Å²) >= 11 is 0. The Labute approximate surface area is 197 Å². The number of hydrogen-bond acceptors (Lipinski definition) is 4. The average molecular weight is 469 g/mol. The molecule has 1 amide bonds. The van der Waals surface area contributed by atoms with Crippen molar-refractivity contribution in [3.63, 3.8) is 0 Å². The van der Waals surface area contributed by atoms with Gasteiger partial charge in [0.15, 0.2) is 11.0 Å². The third kappa shape index (κ3) is 4.77. The van der Waals surface area contributed by atoms with Crippen molar-refractivity contribution in [2.24, 2.45) is 5.92 Å². The fourth-order valence-electron chi connectivity index (χ4n) is 4.40. The standard InChI is InChI=1S/C25H32N4O3S/c1-25(2,3)24-27-21-14-20(6-7-22(21)29(24)15-17-9-12-32-13-10-17)33(31)28-11-8-18(16-28)23(30)26-19-4-5-19/h6-8,11,14,16-17,19H,4-5,9-10,12-13,15H2,1-3H3,(H,26,30). The number of nitrogens with zero attached hydrogens (tertiary/aromatic N) is 3. The molecule has 8 heteroatoms. The van der Waals surface area contributed by atoms with E-state index in [4.69, 9.17) is 9.72 Å². The van der Waals surface area contributed by atoms with E-state index in [1.54, 1.807) is 22.4 Å². The first-order chi connectivity index (χ1) is 15.8. The zero-order valence-electron chi connectivity index (χ0n) is 19.5. The smallest absolute Gasteiger partial charge is 0.253 e. The number of benzene rings is 1. The summed E-state index contributed by atoms with van der Waals surface area (Å²) in [6, 6.07) is 7.88. The number of aromatic nitrogens is 3. The van der Waals surface area contributed by atoms with Crippen molar-refractivity contribution in [2.45, 2.75) is 69.4 Å². The summed E-state index contributed by atoms with van der Waals surface area (Å²) in [7, 11) is -1.45. The number of hydrogen-bond donors (Lipinski definition) is 1. The molecular weight excluding hydrogens is 436 g/mol. The molecule has 1 unspecified atom stereocenters. The molecule has 1 N–H and O–H groups in total. The molecule has 1 atom stereocenters. The van der Waals surface area contributed by atoms with E-state index in [9.17, 15) is 9.00 Å². The van der Waals surface area contributed by atoms with Crippen LogP contribution in [0.2, 0.25) is 0 Å². The number of fused-ring (bicyclic) bond motifs is 1. The predicted octanol–water partition coefficient (Wildman–Crippen LogP) is 4.03. The molecule has 5 rings (SSSR count).